The van der Waals surface area contributed by atoms with E-state index in [1.807, 2.05) is 18.2 Å². The van der Waals surface area contributed by atoms with Gasteiger partial charge in [0.05, 0.1) is 19.5 Å². The molecule has 1 unspecified atom stereocenters. The van der Waals surface area contributed by atoms with Crippen LogP contribution in [0.5, 0.6) is 0 Å². The van der Waals surface area contributed by atoms with Crippen molar-refractivity contribution in [3.05, 3.63) is 84.0 Å². The number of aromatic nitrogens is 6. The van der Waals surface area contributed by atoms with E-state index in [-0.39, 0.29) is 35.6 Å². The molecule has 10 N–H and O–H groups in total. The SMILES string of the molecule is C=CCCC(=O)N[C@@H](CCc1ccccc1)C(=O)O[C@H]1[C@@H](O)[C@H](n2cnc3c(N)ncnc32)O[C@@H]1COP(=O)(O)O[C@H]1[C@@H](O)[C@H](n2ccc(N)nc2=O)O[C@@H]1COP(=O)(O)O. The summed E-state index contributed by atoms with van der Waals surface area (Å²) in [5.74, 6) is -1.67. The molecule has 61 heavy (non-hydrogen) atoms. The highest BCUT2D eigenvalue weighted by atomic mass is 31.2. The second-order valence-corrected chi connectivity index (χ2v) is 16.4. The predicted molar refractivity (Wildman–Crippen MR) is 207 cm³/mol. The zero-order valence-corrected chi connectivity index (χ0v) is 33.7. The summed E-state index contributed by atoms with van der Waals surface area (Å²) in [6.07, 6.45) is -8.08. The minimum Gasteiger partial charge on any atom is -0.455 e. The Hall–Kier alpha value is -5.01. The van der Waals surface area contributed by atoms with Crippen molar-refractivity contribution in [1.29, 1.82) is 0 Å². The number of amides is 1. The number of ether oxygens (including phenoxy) is 3. The number of hydrogen-bond donors (Lipinski definition) is 8. The summed E-state index contributed by atoms with van der Waals surface area (Å²) in [7, 11) is -10.6. The molecule has 27 heteroatoms. The summed E-state index contributed by atoms with van der Waals surface area (Å²) < 4.78 is 59.5. The fourth-order valence-corrected chi connectivity index (χ4v) is 7.87. The van der Waals surface area contributed by atoms with Gasteiger partial charge in [0.2, 0.25) is 5.91 Å². The van der Waals surface area contributed by atoms with Gasteiger partial charge < -0.3 is 55.9 Å². The van der Waals surface area contributed by atoms with Crippen LogP contribution in [0.3, 0.4) is 0 Å². The molecule has 3 aromatic heterocycles. The lowest BCUT2D eigenvalue weighted by Gasteiger charge is -2.26. The number of nitrogen functional groups attached to an aromatic ring is 2. The van der Waals surface area contributed by atoms with E-state index in [0.29, 0.717) is 12.8 Å². The number of phosphoric ester groups is 2. The van der Waals surface area contributed by atoms with Gasteiger partial charge in [0.1, 0.15) is 54.2 Å². The van der Waals surface area contributed by atoms with Gasteiger partial charge in [-0.15, -0.1) is 6.58 Å². The minimum atomic E-state index is -5.41. The lowest BCUT2D eigenvalue weighted by Crippen LogP contribution is -2.46. The quantitative estimate of drug-likeness (QED) is 0.0330. The van der Waals surface area contributed by atoms with E-state index in [1.54, 1.807) is 12.1 Å². The lowest BCUT2D eigenvalue weighted by atomic mass is 10.0. The number of carbonyl (C=O) groups excluding carboxylic acids is 2. The number of rotatable bonds is 19. The third-order valence-corrected chi connectivity index (χ3v) is 11.0. The highest BCUT2D eigenvalue weighted by Gasteiger charge is 2.52. The second kappa shape index (κ2) is 19.4. The highest BCUT2D eigenvalue weighted by molar-refractivity contribution is 7.47. The van der Waals surface area contributed by atoms with Gasteiger partial charge in [-0.3, -0.25) is 27.5 Å². The average molecular weight is 896 g/mol. The first-order valence-corrected chi connectivity index (χ1v) is 21.4. The van der Waals surface area contributed by atoms with E-state index in [9.17, 15) is 48.4 Å². The molecule has 2 saturated heterocycles. The van der Waals surface area contributed by atoms with Gasteiger partial charge in [-0.2, -0.15) is 4.98 Å². The van der Waals surface area contributed by atoms with Crippen LogP contribution in [0.25, 0.3) is 11.2 Å². The van der Waals surface area contributed by atoms with E-state index in [1.165, 1.54) is 23.0 Å². The van der Waals surface area contributed by atoms with Crippen LogP contribution in [-0.2, 0) is 52.9 Å². The number of hydrogen-bond acceptors (Lipinski definition) is 19. The van der Waals surface area contributed by atoms with Gasteiger partial charge in [-0.25, -0.2) is 33.7 Å². The standard InChI is InChI=1S/C34H43N9O16P2/c1-2-3-9-23(44)40-19(11-10-18-7-5-4-6-8-18)33(47)58-27-20(56-32(25(27)45)43-17-39-24-29(36)37-16-38-30(24)43)15-55-61(52,53)59-28-21(14-54-60(49,50)51)57-31(26(28)46)42-13-12-22(35)41-34(42)48/h2,4-8,12-13,16-17,19-21,25-28,31-32,45-46H,1,3,9-11,14-15H2,(H,40,44)(H,52,53)(H2,35,41,48)(H2,36,37,38)(H2,49,50,51)/t19-,20+,21+,25+,26+,27+,28+,31+,32+/m0/s1. The zero-order valence-electron chi connectivity index (χ0n) is 31.9. The first kappa shape index (κ1) is 45.5. The number of allylic oxidation sites excluding steroid dienone is 1. The summed E-state index contributed by atoms with van der Waals surface area (Å²) in [6, 6.07) is 9.01. The van der Waals surface area contributed by atoms with Crippen LogP contribution in [0.1, 0.15) is 37.3 Å². The van der Waals surface area contributed by atoms with E-state index in [4.69, 9.17) is 34.7 Å². The number of anilines is 2. The van der Waals surface area contributed by atoms with E-state index < -0.39 is 102 Å². The maximum Gasteiger partial charge on any atom is 0.472 e. The minimum absolute atomic E-state index is 0.00623. The van der Waals surface area contributed by atoms with E-state index in [2.05, 4.69) is 36.4 Å². The Morgan fingerprint density at radius 2 is 1.62 bits per heavy atom. The van der Waals surface area contributed by atoms with E-state index >= 15 is 0 Å². The number of aryl methyl sites for hydroxylation is 1. The molecule has 1 aromatic carbocycles. The molecule has 0 aliphatic carbocycles. The smallest absolute Gasteiger partial charge is 0.455 e. The number of nitrogens with one attached hydrogen (secondary N) is 1. The summed E-state index contributed by atoms with van der Waals surface area (Å²) in [5.41, 5.74) is 11.5. The first-order valence-electron chi connectivity index (χ1n) is 18.4. The number of esters is 1. The molecule has 2 aliphatic rings. The van der Waals surface area contributed by atoms with Gasteiger partial charge in [0.25, 0.3) is 0 Å². The van der Waals surface area contributed by atoms with Gasteiger partial charge in [-0.1, -0.05) is 36.4 Å². The maximum absolute atomic E-state index is 13.9. The summed E-state index contributed by atoms with van der Waals surface area (Å²) >= 11 is 0. The fraction of sp³-hybridized carbons (Fsp3) is 0.441. The van der Waals surface area contributed by atoms with Crippen molar-refractivity contribution in [2.24, 2.45) is 0 Å². The Morgan fingerprint density at radius 1 is 0.951 bits per heavy atom. The van der Waals surface area contributed by atoms with Crippen molar-refractivity contribution in [2.75, 3.05) is 24.7 Å². The fourth-order valence-electron chi connectivity index (χ4n) is 6.56. The van der Waals surface area contributed by atoms with Crippen LogP contribution < -0.4 is 22.5 Å². The zero-order chi connectivity index (χ0) is 44.1. The molecular formula is C34H43N9O16P2. The highest BCUT2D eigenvalue weighted by Crippen LogP contribution is 2.50. The number of fused-ring (bicyclic) bond motifs is 1. The number of aliphatic hydroxyl groups is 2. The number of aliphatic hydroxyl groups excluding tert-OH is 2. The van der Waals surface area contributed by atoms with Gasteiger partial charge in [-0.05, 0) is 30.9 Å². The monoisotopic (exact) mass is 895 g/mol. The molecule has 2 aliphatic heterocycles. The molecule has 0 radical (unpaired) electrons. The molecule has 330 valence electrons. The maximum atomic E-state index is 13.9. The van der Waals surface area contributed by atoms with Crippen molar-refractivity contribution >= 4 is 50.3 Å². The number of benzene rings is 1. The number of carbonyl (C=O) groups is 2. The van der Waals surface area contributed by atoms with Crippen LogP contribution in [0.2, 0.25) is 0 Å². The molecule has 25 nitrogen and oxygen atoms in total. The lowest BCUT2D eigenvalue weighted by molar-refractivity contribution is -0.160. The predicted octanol–water partition coefficient (Wildman–Crippen LogP) is -0.629. The molecule has 10 atom stereocenters. The second-order valence-electron chi connectivity index (χ2n) is 13.7. The first-order chi connectivity index (χ1) is 28.9. The molecular weight excluding hydrogens is 852 g/mol. The van der Waals surface area contributed by atoms with Crippen LogP contribution in [-0.4, -0.2) is 122 Å². The van der Waals surface area contributed by atoms with Crippen LogP contribution in [0.15, 0.2) is 72.7 Å². The Balaban J connectivity index is 1.24. The Kier molecular flexibility index (Phi) is 14.4. The van der Waals surface area contributed by atoms with Crippen molar-refractivity contribution in [3.8, 4) is 0 Å². The molecule has 6 rings (SSSR count). The number of phosphoric acid groups is 2. The molecule has 5 heterocycles. The van der Waals surface area contributed by atoms with Gasteiger partial charge in [0, 0.05) is 12.6 Å². The molecule has 1 amide bonds. The number of nitrogens with two attached hydrogens (primary N) is 2. The summed E-state index contributed by atoms with van der Waals surface area (Å²) in [4.78, 5) is 84.6. The van der Waals surface area contributed by atoms with Crippen molar-refractivity contribution in [2.45, 2.75) is 80.8 Å². The average Bonchev–Trinajstić information content (AvgIpc) is 3.87. The Labute approximate surface area is 345 Å². The van der Waals surface area contributed by atoms with Gasteiger partial charge >= 0.3 is 27.3 Å². The molecule has 0 saturated carbocycles. The van der Waals surface area contributed by atoms with Crippen LogP contribution >= 0.6 is 15.6 Å². The summed E-state index contributed by atoms with van der Waals surface area (Å²) in [6.45, 7) is 1.63. The van der Waals surface area contributed by atoms with Crippen LogP contribution in [0.4, 0.5) is 11.6 Å². The van der Waals surface area contributed by atoms with Crippen molar-refractivity contribution < 1.29 is 71.4 Å². The molecule has 0 bridgehead atoms. The molecule has 0 spiro atoms. The normalized spacial score (nSPS) is 25.5. The molecule has 4 aromatic rings. The molecule has 2 fully saturated rings. The Bertz CT molecular complexity index is 2350. The van der Waals surface area contributed by atoms with Crippen molar-refractivity contribution in [3.63, 3.8) is 0 Å². The third-order valence-electron chi connectivity index (χ3n) is 9.48. The summed E-state index contributed by atoms with van der Waals surface area (Å²) in [5, 5.41) is 25.5. The number of nitrogens with zero attached hydrogens (tertiary/aromatic N) is 6. The number of imidazole rings is 1. The van der Waals surface area contributed by atoms with Crippen molar-refractivity contribution in [1.82, 2.24) is 34.4 Å². The van der Waals surface area contributed by atoms with Crippen LogP contribution in [0, 0.1) is 0 Å². The van der Waals surface area contributed by atoms with Gasteiger partial charge in [0.15, 0.2) is 30.0 Å². The Morgan fingerprint density at radius 3 is 2.31 bits per heavy atom. The largest absolute Gasteiger partial charge is 0.472 e. The van der Waals surface area contributed by atoms with E-state index in [0.717, 1.165) is 22.7 Å². The third kappa shape index (κ3) is 11.3. The topological polar surface area (TPSA) is 367 Å².